The molecular formula is C10H11F3N4. The number of nitrogens with two attached hydrogens (primary N) is 2. The minimum absolute atomic E-state index is 0.202. The predicted molar refractivity (Wildman–Crippen MR) is 56.6 cm³/mol. The molecule has 0 aliphatic carbocycles. The van der Waals surface area contributed by atoms with Gasteiger partial charge in [0.15, 0.2) is 5.69 Å². The van der Waals surface area contributed by atoms with Crippen molar-refractivity contribution in [3.63, 3.8) is 0 Å². The van der Waals surface area contributed by atoms with E-state index in [-0.39, 0.29) is 11.6 Å². The number of nitrogen functional groups attached to an aromatic ring is 1. The number of alkyl halides is 3. The fourth-order valence-corrected chi connectivity index (χ4v) is 1.01. The van der Waals surface area contributed by atoms with Gasteiger partial charge in [-0.15, -0.1) is 0 Å². The molecule has 0 aliphatic rings. The van der Waals surface area contributed by atoms with Crippen LogP contribution in [0.4, 0.5) is 19.1 Å². The van der Waals surface area contributed by atoms with Crippen molar-refractivity contribution in [2.24, 2.45) is 5.73 Å². The van der Waals surface area contributed by atoms with Crippen molar-refractivity contribution in [2.75, 3.05) is 5.73 Å². The molecule has 0 radical (unpaired) electrons. The minimum atomic E-state index is -4.60. The maximum Gasteiger partial charge on any atom is 0.434 e. The lowest BCUT2D eigenvalue weighted by Crippen LogP contribution is -2.14. The molecule has 92 valence electrons. The molecule has 1 atom stereocenters. The Hall–Kier alpha value is -1.81. The Labute approximate surface area is 96.2 Å². The number of hydrogen-bond acceptors (Lipinski definition) is 4. The molecule has 0 amide bonds. The Balaban J connectivity index is 3.10. The van der Waals surface area contributed by atoms with Gasteiger partial charge in [-0.3, -0.25) is 0 Å². The van der Waals surface area contributed by atoms with Gasteiger partial charge in [0.25, 0.3) is 0 Å². The van der Waals surface area contributed by atoms with Gasteiger partial charge in [0.1, 0.15) is 0 Å². The second-order valence-corrected chi connectivity index (χ2v) is 3.47. The molecule has 1 aromatic rings. The fourth-order valence-electron chi connectivity index (χ4n) is 1.01. The van der Waals surface area contributed by atoms with Crippen molar-refractivity contribution >= 4 is 5.95 Å². The summed E-state index contributed by atoms with van der Waals surface area (Å²) in [7, 11) is 0. The highest BCUT2D eigenvalue weighted by Crippen LogP contribution is 2.29. The van der Waals surface area contributed by atoms with Crippen LogP contribution in [0.2, 0.25) is 0 Å². The van der Waals surface area contributed by atoms with Crippen LogP contribution in [-0.2, 0) is 6.18 Å². The van der Waals surface area contributed by atoms with Crippen LogP contribution in [0.1, 0.15) is 24.6 Å². The lowest BCUT2D eigenvalue weighted by Gasteiger charge is -2.07. The summed E-state index contributed by atoms with van der Waals surface area (Å²) in [4.78, 5) is 6.63. The Morgan fingerprint density at radius 1 is 1.47 bits per heavy atom. The molecule has 1 heterocycles. The first kappa shape index (κ1) is 13.3. The summed E-state index contributed by atoms with van der Waals surface area (Å²) in [5, 5.41) is 0. The van der Waals surface area contributed by atoms with Gasteiger partial charge in [-0.05, 0) is 6.92 Å². The summed E-state index contributed by atoms with van der Waals surface area (Å²) in [6, 6.07) is -0.202. The summed E-state index contributed by atoms with van der Waals surface area (Å²) in [5.41, 5.74) is 9.12. The van der Waals surface area contributed by atoms with E-state index in [0.717, 1.165) is 6.20 Å². The number of nitrogens with zero attached hydrogens (tertiary/aromatic N) is 2. The highest BCUT2D eigenvalue weighted by Gasteiger charge is 2.35. The molecule has 0 bridgehead atoms. The summed E-state index contributed by atoms with van der Waals surface area (Å²) in [6.45, 7) is 1.71. The third-order valence-electron chi connectivity index (χ3n) is 1.72. The molecule has 17 heavy (non-hydrogen) atoms. The first-order valence-corrected chi connectivity index (χ1v) is 4.75. The normalized spacial score (nSPS) is 12.8. The third-order valence-corrected chi connectivity index (χ3v) is 1.72. The molecule has 0 spiro atoms. The highest BCUT2D eigenvalue weighted by molar-refractivity contribution is 5.40. The first-order valence-electron chi connectivity index (χ1n) is 4.75. The summed E-state index contributed by atoms with van der Waals surface area (Å²) in [6.07, 6.45) is -3.35. The van der Waals surface area contributed by atoms with Crippen LogP contribution in [0, 0.1) is 11.8 Å². The van der Waals surface area contributed by atoms with Gasteiger partial charge < -0.3 is 11.5 Å². The molecule has 0 aromatic carbocycles. The average molecular weight is 244 g/mol. The number of halogens is 3. The van der Waals surface area contributed by atoms with E-state index in [0.29, 0.717) is 6.42 Å². The molecule has 7 heteroatoms. The maximum absolute atomic E-state index is 12.6. The molecule has 0 saturated carbocycles. The predicted octanol–water partition coefficient (Wildman–Crippen LogP) is 1.17. The maximum atomic E-state index is 12.6. The van der Waals surface area contributed by atoms with Gasteiger partial charge in [-0.1, -0.05) is 11.8 Å². The standard InChI is InChI=1S/C10H11F3N4/c1-6(14)3-2-4-7-5-16-9(15)17-8(7)10(11,12)13/h5-6H,3,14H2,1H3,(H2,15,16,17)/t6-/m0/s1. The molecular weight excluding hydrogens is 233 g/mol. The summed E-state index contributed by atoms with van der Waals surface area (Å²) >= 11 is 0. The van der Waals surface area contributed by atoms with Crippen LogP contribution >= 0.6 is 0 Å². The summed E-state index contributed by atoms with van der Waals surface area (Å²) < 4.78 is 37.7. The zero-order chi connectivity index (χ0) is 13.1. The molecule has 1 rings (SSSR count). The van der Waals surface area contributed by atoms with E-state index in [9.17, 15) is 13.2 Å². The van der Waals surface area contributed by atoms with Gasteiger partial charge in [-0.2, -0.15) is 13.2 Å². The van der Waals surface area contributed by atoms with Crippen molar-refractivity contribution in [3.8, 4) is 11.8 Å². The zero-order valence-corrected chi connectivity index (χ0v) is 9.04. The van der Waals surface area contributed by atoms with Crippen molar-refractivity contribution in [3.05, 3.63) is 17.5 Å². The number of hydrogen-bond donors (Lipinski definition) is 2. The third kappa shape index (κ3) is 3.92. The van der Waals surface area contributed by atoms with Crippen LogP contribution in [-0.4, -0.2) is 16.0 Å². The quantitative estimate of drug-likeness (QED) is 0.727. The first-order chi connectivity index (χ1) is 7.80. The largest absolute Gasteiger partial charge is 0.434 e. The number of aromatic nitrogens is 2. The van der Waals surface area contributed by atoms with E-state index in [4.69, 9.17) is 11.5 Å². The van der Waals surface area contributed by atoms with Gasteiger partial charge in [-0.25, -0.2) is 9.97 Å². The Kier molecular flexibility index (Phi) is 3.91. The summed E-state index contributed by atoms with van der Waals surface area (Å²) in [5.74, 6) is 4.45. The lowest BCUT2D eigenvalue weighted by molar-refractivity contribution is -0.141. The zero-order valence-electron chi connectivity index (χ0n) is 9.04. The van der Waals surface area contributed by atoms with Gasteiger partial charge in [0.05, 0.1) is 5.56 Å². The van der Waals surface area contributed by atoms with Gasteiger partial charge in [0, 0.05) is 18.7 Å². The molecule has 1 aromatic heterocycles. The lowest BCUT2D eigenvalue weighted by atomic mass is 10.2. The van der Waals surface area contributed by atoms with Gasteiger partial charge in [0.2, 0.25) is 5.95 Å². The van der Waals surface area contributed by atoms with E-state index in [2.05, 4.69) is 21.8 Å². The van der Waals surface area contributed by atoms with Crippen LogP contribution in [0.25, 0.3) is 0 Å². The molecule has 0 unspecified atom stereocenters. The van der Waals surface area contributed by atoms with Crippen LogP contribution < -0.4 is 11.5 Å². The van der Waals surface area contributed by atoms with Crippen molar-refractivity contribution in [1.82, 2.24) is 9.97 Å². The minimum Gasteiger partial charge on any atom is -0.368 e. The Bertz CT molecular complexity index is 457. The topological polar surface area (TPSA) is 77.8 Å². The molecule has 0 saturated heterocycles. The second kappa shape index (κ2) is 5.01. The Morgan fingerprint density at radius 3 is 2.65 bits per heavy atom. The highest BCUT2D eigenvalue weighted by atomic mass is 19.4. The van der Waals surface area contributed by atoms with E-state index >= 15 is 0 Å². The van der Waals surface area contributed by atoms with E-state index in [1.165, 1.54) is 0 Å². The second-order valence-electron chi connectivity index (χ2n) is 3.47. The molecule has 0 aliphatic heterocycles. The number of anilines is 1. The van der Waals surface area contributed by atoms with E-state index < -0.39 is 17.8 Å². The van der Waals surface area contributed by atoms with Crippen LogP contribution in [0.3, 0.4) is 0 Å². The monoisotopic (exact) mass is 244 g/mol. The van der Waals surface area contributed by atoms with Crippen molar-refractivity contribution in [2.45, 2.75) is 25.6 Å². The SMILES string of the molecule is C[C@H](N)CC#Cc1cnc(N)nc1C(F)(F)F. The Morgan fingerprint density at radius 2 is 2.12 bits per heavy atom. The van der Waals surface area contributed by atoms with Crippen molar-refractivity contribution < 1.29 is 13.2 Å². The van der Waals surface area contributed by atoms with Crippen LogP contribution in [0.5, 0.6) is 0 Å². The van der Waals surface area contributed by atoms with E-state index in [1.54, 1.807) is 6.92 Å². The van der Waals surface area contributed by atoms with E-state index in [1.807, 2.05) is 0 Å². The van der Waals surface area contributed by atoms with Crippen molar-refractivity contribution in [1.29, 1.82) is 0 Å². The fraction of sp³-hybridized carbons (Fsp3) is 0.400. The average Bonchev–Trinajstić information content (AvgIpc) is 2.18. The molecule has 4 nitrogen and oxygen atoms in total. The van der Waals surface area contributed by atoms with Crippen LogP contribution in [0.15, 0.2) is 6.20 Å². The molecule has 0 fully saturated rings. The smallest absolute Gasteiger partial charge is 0.368 e. The van der Waals surface area contributed by atoms with Gasteiger partial charge >= 0.3 is 6.18 Å². The molecule has 4 N–H and O–H groups in total. The number of rotatable bonds is 1.